The second-order valence-corrected chi connectivity index (χ2v) is 6.25. The van der Waals surface area contributed by atoms with Crippen LogP contribution in [0.2, 0.25) is 0 Å². The third kappa shape index (κ3) is 2.83. The SMILES string of the molecule is O=C(O)c1ccc(S(=O)(=O)N2CCOCC2CO)cc1. The number of aliphatic hydroxyl groups is 1. The zero-order valence-corrected chi connectivity index (χ0v) is 11.4. The fourth-order valence-electron chi connectivity index (χ4n) is 2.00. The van der Waals surface area contributed by atoms with Gasteiger partial charge in [-0.05, 0) is 24.3 Å². The number of hydrogen-bond donors (Lipinski definition) is 2. The number of aliphatic hydroxyl groups excluding tert-OH is 1. The minimum absolute atomic E-state index is 0.00264. The van der Waals surface area contributed by atoms with E-state index in [0.29, 0.717) is 0 Å². The van der Waals surface area contributed by atoms with Crippen LogP contribution in [0.4, 0.5) is 0 Å². The van der Waals surface area contributed by atoms with Crippen molar-refractivity contribution in [3.63, 3.8) is 0 Å². The van der Waals surface area contributed by atoms with Crippen LogP contribution in [0.25, 0.3) is 0 Å². The fourth-order valence-corrected chi connectivity index (χ4v) is 3.59. The first-order valence-corrected chi connectivity index (χ1v) is 7.44. The average molecular weight is 301 g/mol. The summed E-state index contributed by atoms with van der Waals surface area (Å²) < 4.78 is 31.2. The van der Waals surface area contributed by atoms with Crippen LogP contribution in [0.15, 0.2) is 29.2 Å². The standard InChI is InChI=1S/C12H15NO6S/c14-7-10-8-19-6-5-13(10)20(17,18)11-3-1-9(2-4-11)12(15)16/h1-4,10,14H,5-8H2,(H,15,16). The molecule has 2 rings (SSSR count). The predicted octanol–water partition coefficient (Wildman–Crippen LogP) is -0.233. The van der Waals surface area contributed by atoms with Gasteiger partial charge in [-0.2, -0.15) is 4.31 Å². The van der Waals surface area contributed by atoms with Crippen LogP contribution in [0.1, 0.15) is 10.4 Å². The topological polar surface area (TPSA) is 104 Å². The number of sulfonamides is 1. The van der Waals surface area contributed by atoms with Crippen LogP contribution in [0.5, 0.6) is 0 Å². The second kappa shape index (κ2) is 5.88. The molecule has 110 valence electrons. The molecule has 0 saturated carbocycles. The molecular formula is C12H15NO6S. The van der Waals surface area contributed by atoms with Crippen molar-refractivity contribution in [2.24, 2.45) is 0 Å². The van der Waals surface area contributed by atoms with Crippen molar-refractivity contribution in [3.05, 3.63) is 29.8 Å². The maximum absolute atomic E-state index is 12.4. The lowest BCUT2D eigenvalue weighted by atomic mass is 10.2. The molecule has 1 atom stereocenters. The highest BCUT2D eigenvalue weighted by molar-refractivity contribution is 7.89. The van der Waals surface area contributed by atoms with Crippen LogP contribution in [-0.2, 0) is 14.8 Å². The summed E-state index contributed by atoms with van der Waals surface area (Å²) >= 11 is 0. The van der Waals surface area contributed by atoms with Gasteiger partial charge in [-0.3, -0.25) is 0 Å². The van der Waals surface area contributed by atoms with Crippen LogP contribution < -0.4 is 0 Å². The smallest absolute Gasteiger partial charge is 0.335 e. The molecule has 1 fully saturated rings. The van der Waals surface area contributed by atoms with Crippen LogP contribution in [0.3, 0.4) is 0 Å². The lowest BCUT2D eigenvalue weighted by Gasteiger charge is -2.33. The molecule has 1 saturated heterocycles. The highest BCUT2D eigenvalue weighted by Crippen LogP contribution is 2.21. The Labute approximate surface area is 116 Å². The third-order valence-electron chi connectivity index (χ3n) is 3.09. The molecule has 0 spiro atoms. The van der Waals surface area contributed by atoms with Crippen molar-refractivity contribution in [2.75, 3.05) is 26.4 Å². The van der Waals surface area contributed by atoms with Gasteiger partial charge in [-0.1, -0.05) is 0 Å². The van der Waals surface area contributed by atoms with Crippen molar-refractivity contribution in [2.45, 2.75) is 10.9 Å². The van der Waals surface area contributed by atoms with Gasteiger partial charge in [0.15, 0.2) is 0 Å². The summed E-state index contributed by atoms with van der Waals surface area (Å²) in [5, 5.41) is 18.0. The number of carbonyl (C=O) groups is 1. The molecule has 0 radical (unpaired) electrons. The van der Waals surface area contributed by atoms with Gasteiger partial charge in [-0.15, -0.1) is 0 Å². The van der Waals surface area contributed by atoms with E-state index in [4.69, 9.17) is 9.84 Å². The number of hydrogen-bond acceptors (Lipinski definition) is 5. The maximum Gasteiger partial charge on any atom is 0.335 e. The second-order valence-electron chi connectivity index (χ2n) is 4.36. The van der Waals surface area contributed by atoms with Crippen LogP contribution in [-0.4, -0.2) is 61.3 Å². The summed E-state index contributed by atoms with van der Waals surface area (Å²) in [6.07, 6.45) is 0. The summed E-state index contributed by atoms with van der Waals surface area (Å²) in [6, 6.07) is 4.37. The molecule has 0 bridgehead atoms. The lowest BCUT2D eigenvalue weighted by molar-refractivity contribution is 0.0109. The minimum atomic E-state index is -3.77. The molecule has 1 aliphatic rings. The molecule has 0 amide bonds. The normalized spacial score (nSPS) is 20.8. The maximum atomic E-state index is 12.4. The Morgan fingerprint density at radius 2 is 2.00 bits per heavy atom. The van der Waals surface area contributed by atoms with Gasteiger partial charge in [-0.25, -0.2) is 13.2 Å². The largest absolute Gasteiger partial charge is 0.478 e. The van der Waals surface area contributed by atoms with E-state index in [1.54, 1.807) is 0 Å². The summed E-state index contributed by atoms with van der Waals surface area (Å²) in [5.74, 6) is -1.12. The number of ether oxygens (including phenoxy) is 1. The Bertz CT molecular complexity index is 582. The predicted molar refractivity (Wildman–Crippen MR) is 69.0 cm³/mol. The Hall–Kier alpha value is -1.48. The quantitative estimate of drug-likeness (QED) is 0.796. The van der Waals surface area contributed by atoms with E-state index in [1.807, 2.05) is 0 Å². The van der Waals surface area contributed by atoms with Gasteiger partial charge in [0.25, 0.3) is 0 Å². The summed E-state index contributed by atoms with van der Waals surface area (Å²) in [4.78, 5) is 10.8. The molecule has 1 aromatic rings. The lowest BCUT2D eigenvalue weighted by Crippen LogP contribution is -2.50. The van der Waals surface area contributed by atoms with Crippen molar-refractivity contribution in [1.82, 2.24) is 4.31 Å². The molecule has 0 aliphatic carbocycles. The van der Waals surface area contributed by atoms with E-state index in [0.717, 1.165) is 0 Å². The van der Waals surface area contributed by atoms with Gasteiger partial charge >= 0.3 is 5.97 Å². The first-order chi connectivity index (χ1) is 9.46. The Kier molecular flexibility index (Phi) is 4.39. The molecule has 20 heavy (non-hydrogen) atoms. The monoisotopic (exact) mass is 301 g/mol. The van der Waals surface area contributed by atoms with Gasteiger partial charge in [0.05, 0.1) is 36.3 Å². The Balaban J connectivity index is 2.31. The highest BCUT2D eigenvalue weighted by atomic mass is 32.2. The van der Waals surface area contributed by atoms with E-state index in [2.05, 4.69) is 0 Å². The van der Waals surface area contributed by atoms with Gasteiger partial charge in [0.1, 0.15) is 0 Å². The van der Waals surface area contributed by atoms with Crippen molar-refractivity contribution >= 4 is 16.0 Å². The highest BCUT2D eigenvalue weighted by Gasteiger charge is 2.33. The molecule has 8 heteroatoms. The molecule has 1 unspecified atom stereocenters. The number of carboxylic acids is 1. The van der Waals surface area contributed by atoms with Gasteiger partial charge < -0.3 is 14.9 Å². The number of rotatable bonds is 4. The van der Waals surface area contributed by atoms with Crippen LogP contribution in [0, 0.1) is 0 Å². The zero-order valence-electron chi connectivity index (χ0n) is 10.6. The number of morpholine rings is 1. The van der Waals surface area contributed by atoms with E-state index >= 15 is 0 Å². The molecular weight excluding hydrogens is 286 g/mol. The average Bonchev–Trinajstić information content (AvgIpc) is 2.47. The van der Waals surface area contributed by atoms with E-state index in [1.165, 1.54) is 28.6 Å². The number of benzene rings is 1. The van der Waals surface area contributed by atoms with Crippen LogP contribution >= 0.6 is 0 Å². The van der Waals surface area contributed by atoms with Crippen molar-refractivity contribution < 1.29 is 28.2 Å². The molecule has 1 aliphatic heterocycles. The number of carboxylic acid groups (broad SMARTS) is 1. The molecule has 2 N–H and O–H groups in total. The molecule has 7 nitrogen and oxygen atoms in total. The van der Waals surface area contributed by atoms with E-state index in [-0.39, 0.29) is 36.8 Å². The first kappa shape index (κ1) is 14.9. The summed E-state index contributed by atoms with van der Waals surface area (Å²) in [7, 11) is -3.77. The third-order valence-corrected chi connectivity index (χ3v) is 5.06. The summed E-state index contributed by atoms with van der Waals surface area (Å²) in [6.45, 7) is 0.243. The van der Waals surface area contributed by atoms with E-state index in [9.17, 15) is 18.3 Å². The van der Waals surface area contributed by atoms with Crippen molar-refractivity contribution in [1.29, 1.82) is 0 Å². The summed E-state index contributed by atoms with van der Waals surface area (Å²) in [5.41, 5.74) is 0.0182. The van der Waals surface area contributed by atoms with E-state index < -0.39 is 22.0 Å². The molecule has 0 aromatic heterocycles. The first-order valence-electron chi connectivity index (χ1n) is 6.00. The fraction of sp³-hybridized carbons (Fsp3) is 0.417. The Morgan fingerprint density at radius 1 is 1.35 bits per heavy atom. The van der Waals surface area contributed by atoms with Gasteiger partial charge in [0, 0.05) is 6.54 Å². The van der Waals surface area contributed by atoms with Gasteiger partial charge in [0.2, 0.25) is 10.0 Å². The molecule has 1 heterocycles. The minimum Gasteiger partial charge on any atom is -0.478 e. The number of nitrogens with zero attached hydrogens (tertiary/aromatic N) is 1. The molecule has 1 aromatic carbocycles. The zero-order chi connectivity index (χ0) is 14.8. The Morgan fingerprint density at radius 3 is 2.55 bits per heavy atom. The van der Waals surface area contributed by atoms with Crippen molar-refractivity contribution in [3.8, 4) is 0 Å². The number of aromatic carboxylic acids is 1.